The number of carbonyl (C=O) groups excluding carboxylic acids is 1. The number of benzene rings is 1. The molecule has 0 aliphatic carbocycles. The third-order valence-electron chi connectivity index (χ3n) is 2.12. The summed E-state index contributed by atoms with van der Waals surface area (Å²) in [7, 11) is -4.62. The van der Waals surface area contributed by atoms with E-state index >= 15 is 0 Å². The number of nitrogens with zero attached hydrogens (tertiary/aromatic N) is 1. The summed E-state index contributed by atoms with van der Waals surface area (Å²) in [5.41, 5.74) is -0.569. The van der Waals surface area contributed by atoms with Gasteiger partial charge in [0.25, 0.3) is 10.1 Å². The molecular weight excluding hydrogens is 301 g/mol. The van der Waals surface area contributed by atoms with Gasteiger partial charge in [0, 0.05) is 5.69 Å². The van der Waals surface area contributed by atoms with Gasteiger partial charge < -0.3 is 5.32 Å². The second-order valence-electron chi connectivity index (χ2n) is 3.58. The SMILES string of the molecule is N#CCc1cc(NC(=O)C(F)(F)F)ccc1S(=O)(=O)O. The summed E-state index contributed by atoms with van der Waals surface area (Å²) in [6.45, 7) is 0. The smallest absolute Gasteiger partial charge is 0.318 e. The summed E-state index contributed by atoms with van der Waals surface area (Å²) in [6.07, 6.45) is -5.57. The molecule has 10 heteroatoms. The van der Waals surface area contributed by atoms with E-state index in [-0.39, 0.29) is 11.3 Å². The molecule has 1 amide bonds. The van der Waals surface area contributed by atoms with Crippen LogP contribution >= 0.6 is 0 Å². The van der Waals surface area contributed by atoms with Gasteiger partial charge in [-0.1, -0.05) is 0 Å². The van der Waals surface area contributed by atoms with Crippen molar-refractivity contribution in [2.45, 2.75) is 17.5 Å². The van der Waals surface area contributed by atoms with Crippen molar-refractivity contribution in [3.63, 3.8) is 0 Å². The molecule has 0 saturated carbocycles. The lowest BCUT2D eigenvalue weighted by Crippen LogP contribution is -2.30. The normalized spacial score (nSPS) is 11.8. The quantitative estimate of drug-likeness (QED) is 0.823. The molecule has 0 aliphatic heterocycles. The molecule has 0 unspecified atom stereocenters. The van der Waals surface area contributed by atoms with Crippen molar-refractivity contribution in [3.05, 3.63) is 23.8 Å². The molecule has 0 atom stereocenters. The lowest BCUT2D eigenvalue weighted by molar-refractivity contribution is -0.167. The Morgan fingerprint density at radius 3 is 2.45 bits per heavy atom. The fourth-order valence-electron chi connectivity index (χ4n) is 1.33. The van der Waals surface area contributed by atoms with Crippen molar-refractivity contribution in [2.24, 2.45) is 0 Å². The van der Waals surface area contributed by atoms with Gasteiger partial charge in [-0.15, -0.1) is 0 Å². The molecule has 1 aromatic carbocycles. The van der Waals surface area contributed by atoms with Gasteiger partial charge in [0.2, 0.25) is 0 Å². The summed E-state index contributed by atoms with van der Waals surface area (Å²) in [5.74, 6) is -2.24. The zero-order chi connectivity index (χ0) is 15.6. The Morgan fingerprint density at radius 2 is 2.00 bits per heavy atom. The number of alkyl halides is 3. The van der Waals surface area contributed by atoms with Crippen LogP contribution in [0.5, 0.6) is 0 Å². The first kappa shape index (κ1) is 15.9. The number of nitrogens with one attached hydrogen (secondary N) is 1. The number of amides is 1. The summed E-state index contributed by atoms with van der Waals surface area (Å²) in [4.78, 5) is 10.1. The Hall–Kier alpha value is -2.12. The summed E-state index contributed by atoms with van der Waals surface area (Å²) < 4.78 is 67.0. The first-order chi connectivity index (χ1) is 9.05. The first-order valence-electron chi connectivity index (χ1n) is 4.91. The van der Waals surface area contributed by atoms with E-state index in [2.05, 4.69) is 0 Å². The molecule has 0 spiro atoms. The van der Waals surface area contributed by atoms with E-state index in [0.717, 1.165) is 18.2 Å². The largest absolute Gasteiger partial charge is 0.471 e. The van der Waals surface area contributed by atoms with Gasteiger partial charge in [-0.25, -0.2) is 0 Å². The van der Waals surface area contributed by atoms with Crippen LogP contribution in [0, 0.1) is 11.3 Å². The minimum Gasteiger partial charge on any atom is -0.318 e. The first-order valence-corrected chi connectivity index (χ1v) is 6.35. The molecule has 0 radical (unpaired) electrons. The van der Waals surface area contributed by atoms with Crippen LogP contribution < -0.4 is 5.32 Å². The van der Waals surface area contributed by atoms with E-state index in [9.17, 15) is 26.4 Å². The third-order valence-corrected chi connectivity index (χ3v) is 3.08. The highest BCUT2D eigenvalue weighted by molar-refractivity contribution is 7.85. The fourth-order valence-corrected chi connectivity index (χ4v) is 2.04. The standard InChI is InChI=1S/C10H7F3N2O4S/c11-10(12,13)9(16)15-7-1-2-8(20(17,18)19)6(5-7)3-4-14/h1-2,5H,3H2,(H,15,16)(H,17,18,19). The molecular formula is C10H7F3N2O4S. The van der Waals surface area contributed by atoms with Crippen molar-refractivity contribution in [1.29, 1.82) is 5.26 Å². The Labute approximate surface area is 111 Å². The molecule has 1 rings (SSSR count). The number of anilines is 1. The average molecular weight is 308 g/mol. The summed E-state index contributed by atoms with van der Waals surface area (Å²) >= 11 is 0. The predicted molar refractivity (Wildman–Crippen MR) is 60.3 cm³/mol. The average Bonchev–Trinajstić information content (AvgIpc) is 2.26. The highest BCUT2D eigenvalue weighted by Crippen LogP contribution is 2.23. The second kappa shape index (κ2) is 5.48. The molecule has 0 fully saturated rings. The number of nitriles is 1. The van der Waals surface area contributed by atoms with Crippen LogP contribution in [0.25, 0.3) is 0 Å². The Kier molecular flexibility index (Phi) is 4.36. The van der Waals surface area contributed by atoms with E-state index in [1.807, 2.05) is 0 Å². The Balaban J connectivity index is 3.19. The Bertz CT molecular complexity index is 677. The van der Waals surface area contributed by atoms with Gasteiger partial charge in [-0.3, -0.25) is 9.35 Å². The van der Waals surface area contributed by atoms with Crippen molar-refractivity contribution < 1.29 is 30.9 Å². The van der Waals surface area contributed by atoms with Crippen molar-refractivity contribution in [2.75, 3.05) is 5.32 Å². The molecule has 0 aromatic heterocycles. The van der Waals surface area contributed by atoms with Crippen molar-refractivity contribution in [1.82, 2.24) is 0 Å². The molecule has 6 nitrogen and oxygen atoms in total. The lowest BCUT2D eigenvalue weighted by Gasteiger charge is -2.10. The highest BCUT2D eigenvalue weighted by Gasteiger charge is 2.38. The molecule has 1 aromatic rings. The van der Waals surface area contributed by atoms with Crippen LogP contribution in [0.15, 0.2) is 23.1 Å². The van der Waals surface area contributed by atoms with Crippen LogP contribution in [0.3, 0.4) is 0 Å². The monoisotopic (exact) mass is 308 g/mol. The van der Waals surface area contributed by atoms with Crippen molar-refractivity contribution >= 4 is 21.7 Å². The minimum absolute atomic E-state index is 0.227. The van der Waals surface area contributed by atoms with Gasteiger partial charge in [-0.2, -0.15) is 26.9 Å². The summed E-state index contributed by atoms with van der Waals surface area (Å²) in [6, 6.07) is 4.14. The van der Waals surface area contributed by atoms with Gasteiger partial charge in [0.15, 0.2) is 0 Å². The number of hydrogen-bond acceptors (Lipinski definition) is 4. The van der Waals surface area contributed by atoms with Crippen LogP contribution in [0.1, 0.15) is 5.56 Å². The molecule has 20 heavy (non-hydrogen) atoms. The van der Waals surface area contributed by atoms with E-state index < -0.39 is 33.5 Å². The second-order valence-corrected chi connectivity index (χ2v) is 4.97. The zero-order valence-corrected chi connectivity index (χ0v) is 10.4. The molecule has 0 bridgehead atoms. The zero-order valence-electron chi connectivity index (χ0n) is 9.60. The van der Waals surface area contributed by atoms with E-state index in [0.29, 0.717) is 0 Å². The topological polar surface area (TPSA) is 107 Å². The maximum atomic E-state index is 12.1. The molecule has 0 aliphatic rings. The number of rotatable bonds is 3. The molecule has 2 N–H and O–H groups in total. The lowest BCUT2D eigenvalue weighted by atomic mass is 10.1. The van der Waals surface area contributed by atoms with E-state index in [1.165, 1.54) is 5.32 Å². The van der Waals surface area contributed by atoms with E-state index in [4.69, 9.17) is 9.81 Å². The number of carbonyl (C=O) groups is 1. The van der Waals surface area contributed by atoms with Crippen LogP contribution in [0.4, 0.5) is 18.9 Å². The molecule has 0 saturated heterocycles. The van der Waals surface area contributed by atoms with E-state index in [1.54, 1.807) is 6.07 Å². The van der Waals surface area contributed by atoms with Crippen LogP contribution in [-0.4, -0.2) is 25.1 Å². The maximum absolute atomic E-state index is 12.1. The van der Waals surface area contributed by atoms with Crippen LogP contribution in [0.2, 0.25) is 0 Å². The van der Waals surface area contributed by atoms with Crippen LogP contribution in [-0.2, 0) is 21.3 Å². The summed E-state index contributed by atoms with van der Waals surface area (Å²) in [5, 5.41) is 10.0. The fraction of sp³-hybridized carbons (Fsp3) is 0.200. The van der Waals surface area contributed by atoms with Gasteiger partial charge >= 0.3 is 12.1 Å². The van der Waals surface area contributed by atoms with Gasteiger partial charge in [-0.05, 0) is 23.8 Å². The minimum atomic E-state index is -5.10. The third kappa shape index (κ3) is 3.94. The Morgan fingerprint density at radius 1 is 1.40 bits per heavy atom. The number of halogens is 3. The maximum Gasteiger partial charge on any atom is 0.471 e. The highest BCUT2D eigenvalue weighted by atomic mass is 32.2. The molecule has 0 heterocycles. The van der Waals surface area contributed by atoms with Crippen molar-refractivity contribution in [3.8, 4) is 6.07 Å². The molecule has 108 valence electrons. The number of hydrogen-bond donors (Lipinski definition) is 2. The van der Waals surface area contributed by atoms with Gasteiger partial charge in [0.05, 0.1) is 17.4 Å². The van der Waals surface area contributed by atoms with Gasteiger partial charge in [0.1, 0.15) is 0 Å². The predicted octanol–water partition coefficient (Wildman–Crippen LogP) is 1.50.